The van der Waals surface area contributed by atoms with Crippen LogP contribution in [0.1, 0.15) is 73.2 Å². The first-order valence-electron chi connectivity index (χ1n) is 15.8. The SMILES string of the molecule is COc1c2c(c(O)c3c4c(c(C)cc13)C1OC3(COC5CC(C)(O)C(OC(C)O)C(C)O5)OC1[C@@](OC)(O4)[C@@]3(O)CBr)C(=O)CCC2. The minimum atomic E-state index is -2.02. The van der Waals surface area contributed by atoms with Crippen molar-refractivity contribution in [1.29, 1.82) is 0 Å². The van der Waals surface area contributed by atoms with E-state index in [9.17, 15) is 25.2 Å². The van der Waals surface area contributed by atoms with E-state index in [0.717, 1.165) is 5.56 Å². The lowest BCUT2D eigenvalue weighted by Crippen LogP contribution is -2.75. The molecule has 4 N–H and O–H groups in total. The molecule has 47 heavy (non-hydrogen) atoms. The summed E-state index contributed by atoms with van der Waals surface area (Å²) >= 11 is 3.44. The molecule has 4 aliphatic heterocycles. The number of carbonyl (C=O) groups excluding carboxylic acids is 1. The zero-order valence-corrected chi connectivity index (χ0v) is 28.7. The van der Waals surface area contributed by atoms with Crippen molar-refractivity contribution in [3.05, 3.63) is 28.3 Å². The second kappa shape index (κ2) is 11.2. The Balaban J connectivity index is 1.30. The van der Waals surface area contributed by atoms with Crippen LogP contribution < -0.4 is 9.47 Å². The van der Waals surface area contributed by atoms with E-state index in [1.54, 1.807) is 13.8 Å². The summed E-state index contributed by atoms with van der Waals surface area (Å²) in [5, 5.41) is 45.8. The molecule has 14 heteroatoms. The molecule has 8 unspecified atom stereocenters. The highest BCUT2D eigenvalue weighted by molar-refractivity contribution is 9.09. The van der Waals surface area contributed by atoms with Crippen molar-refractivity contribution in [1.82, 2.24) is 0 Å². The molecule has 2 aromatic carbocycles. The van der Waals surface area contributed by atoms with Gasteiger partial charge in [0.25, 0.3) is 5.79 Å². The Morgan fingerprint density at radius 3 is 2.57 bits per heavy atom. The highest BCUT2D eigenvalue weighted by Crippen LogP contribution is 2.67. The summed E-state index contributed by atoms with van der Waals surface area (Å²) in [5.41, 5.74) is -1.25. The van der Waals surface area contributed by atoms with E-state index in [2.05, 4.69) is 15.9 Å². The molecule has 0 spiro atoms. The van der Waals surface area contributed by atoms with Crippen LogP contribution in [0.3, 0.4) is 0 Å². The molecule has 4 heterocycles. The third-order valence-corrected chi connectivity index (χ3v) is 11.3. The number of halogens is 1. The van der Waals surface area contributed by atoms with Crippen LogP contribution in [-0.2, 0) is 34.8 Å². The van der Waals surface area contributed by atoms with E-state index >= 15 is 0 Å². The van der Waals surface area contributed by atoms with Gasteiger partial charge in [-0.2, -0.15) is 0 Å². The lowest BCUT2D eigenvalue weighted by atomic mass is 9.76. The first-order valence-corrected chi connectivity index (χ1v) is 16.9. The Kier molecular flexibility index (Phi) is 7.96. The van der Waals surface area contributed by atoms with E-state index in [0.29, 0.717) is 41.5 Å². The maximum Gasteiger partial charge on any atom is 0.275 e. The molecule has 3 saturated heterocycles. The molecule has 7 rings (SSSR count). The fourth-order valence-electron chi connectivity index (χ4n) is 8.38. The maximum atomic E-state index is 13.1. The van der Waals surface area contributed by atoms with Gasteiger partial charge >= 0.3 is 0 Å². The van der Waals surface area contributed by atoms with Crippen LogP contribution in [0.2, 0.25) is 0 Å². The topological polar surface area (TPSA) is 172 Å². The third-order valence-electron chi connectivity index (χ3n) is 10.4. The summed E-state index contributed by atoms with van der Waals surface area (Å²) in [6.45, 7) is 6.27. The molecule has 3 fully saturated rings. The van der Waals surface area contributed by atoms with Crippen LogP contribution in [0, 0.1) is 6.92 Å². The lowest BCUT2D eigenvalue weighted by Gasteiger charge is -2.53. The maximum absolute atomic E-state index is 13.1. The van der Waals surface area contributed by atoms with Crippen molar-refractivity contribution in [2.24, 2.45) is 0 Å². The number of ketones is 1. The minimum absolute atomic E-state index is 0.00555. The number of alkyl halides is 1. The standard InChI is InChI=1S/C33H41BrO13/c1-14-10-18-23(24(37)22-17(25(18)40-5)8-7-9-19(22)36)26-21(14)27-29-33(41-6,46-26)31(39,12-34)32(45-27,47-29)13-42-20-11-30(4,38)28(15(2)43-20)44-16(3)35/h10,15-16,20,27-29,35,37-39H,7-9,11-13H2,1-6H3/t15?,16?,20?,27?,28?,29?,30?,31-,32?,33-/m1/s1. The molecule has 1 aliphatic carbocycles. The third kappa shape index (κ3) is 4.43. The van der Waals surface area contributed by atoms with Crippen LogP contribution in [0.4, 0.5) is 0 Å². The normalized spacial score (nSPS) is 39.4. The molecule has 258 valence electrons. The highest BCUT2D eigenvalue weighted by atomic mass is 79.9. The van der Waals surface area contributed by atoms with Gasteiger partial charge in [-0.1, -0.05) is 15.9 Å². The molecule has 0 amide bonds. The van der Waals surface area contributed by atoms with Crippen LogP contribution >= 0.6 is 15.9 Å². The lowest BCUT2D eigenvalue weighted by molar-refractivity contribution is -0.366. The number of aryl methyl sites for hydroxylation is 1. The minimum Gasteiger partial charge on any atom is -0.506 e. The average molecular weight is 726 g/mol. The Labute approximate surface area is 280 Å². The van der Waals surface area contributed by atoms with Gasteiger partial charge in [-0.15, -0.1) is 0 Å². The van der Waals surface area contributed by atoms with Crippen LogP contribution in [0.25, 0.3) is 10.8 Å². The summed E-state index contributed by atoms with van der Waals surface area (Å²) in [7, 11) is 2.92. The van der Waals surface area contributed by atoms with Gasteiger partial charge in [-0.3, -0.25) is 4.79 Å². The van der Waals surface area contributed by atoms with Crippen LogP contribution in [0.5, 0.6) is 17.2 Å². The van der Waals surface area contributed by atoms with Gasteiger partial charge in [0.2, 0.25) is 5.79 Å². The second-order valence-electron chi connectivity index (χ2n) is 13.5. The fraction of sp³-hybridized carbons (Fsp3) is 0.667. The smallest absolute Gasteiger partial charge is 0.275 e. The van der Waals surface area contributed by atoms with E-state index in [1.807, 2.05) is 13.0 Å². The van der Waals surface area contributed by atoms with Gasteiger partial charge in [0.1, 0.15) is 36.1 Å². The van der Waals surface area contributed by atoms with E-state index in [4.69, 9.17) is 37.9 Å². The summed E-state index contributed by atoms with van der Waals surface area (Å²) in [4.78, 5) is 13.1. The van der Waals surface area contributed by atoms with Gasteiger partial charge < -0.3 is 58.3 Å². The number of phenols is 1. The number of aliphatic hydroxyl groups excluding tert-OH is 1. The number of Topliss-reactive ketones (excluding diaryl/α,β-unsaturated/α-hetero) is 1. The van der Waals surface area contributed by atoms with Crippen molar-refractivity contribution < 1.29 is 63.1 Å². The van der Waals surface area contributed by atoms with Crippen LogP contribution in [-0.4, -0.2) is 106 Å². The van der Waals surface area contributed by atoms with E-state index in [1.165, 1.54) is 21.1 Å². The predicted molar refractivity (Wildman–Crippen MR) is 167 cm³/mol. The second-order valence-corrected chi connectivity index (χ2v) is 14.0. The van der Waals surface area contributed by atoms with Gasteiger partial charge in [-0.05, 0) is 52.2 Å². The first kappa shape index (κ1) is 33.4. The number of hydrogen-bond acceptors (Lipinski definition) is 13. The number of phenolic OH excluding ortho intramolecular Hbond substituents is 1. The molecular weight excluding hydrogens is 684 g/mol. The van der Waals surface area contributed by atoms with Crippen molar-refractivity contribution in [3.63, 3.8) is 0 Å². The Morgan fingerprint density at radius 1 is 1.19 bits per heavy atom. The molecule has 0 aromatic heterocycles. The monoisotopic (exact) mass is 724 g/mol. The van der Waals surface area contributed by atoms with E-state index in [-0.39, 0.29) is 46.6 Å². The van der Waals surface area contributed by atoms with Crippen molar-refractivity contribution in [2.45, 2.75) is 113 Å². The molecule has 0 saturated carbocycles. The van der Waals surface area contributed by atoms with Gasteiger partial charge in [0.15, 0.2) is 30.1 Å². The Morgan fingerprint density at radius 2 is 1.94 bits per heavy atom. The number of aliphatic hydroxyl groups is 3. The van der Waals surface area contributed by atoms with E-state index < -0.39 is 59.8 Å². The molecule has 5 aliphatic rings. The number of ether oxygens (including phenoxy) is 8. The molecule has 2 bridgehead atoms. The van der Waals surface area contributed by atoms with Crippen molar-refractivity contribution in [2.75, 3.05) is 26.2 Å². The quantitative estimate of drug-likeness (QED) is 0.232. The van der Waals surface area contributed by atoms with Gasteiger partial charge in [0, 0.05) is 41.8 Å². The zero-order chi connectivity index (χ0) is 33.8. The number of aromatic hydroxyl groups is 1. The van der Waals surface area contributed by atoms with Crippen molar-refractivity contribution >= 4 is 32.5 Å². The first-order chi connectivity index (χ1) is 22.2. The molecular formula is C33H41BrO13. The predicted octanol–water partition coefficient (Wildman–Crippen LogP) is 3.03. The highest BCUT2D eigenvalue weighted by Gasteiger charge is 2.85. The Bertz CT molecular complexity index is 1630. The molecule has 0 radical (unpaired) electrons. The largest absolute Gasteiger partial charge is 0.506 e. The zero-order valence-electron chi connectivity index (χ0n) is 27.1. The van der Waals surface area contributed by atoms with Crippen molar-refractivity contribution in [3.8, 4) is 17.2 Å². The fourth-order valence-corrected chi connectivity index (χ4v) is 9.20. The Hall–Kier alpha value is -2.11. The van der Waals surface area contributed by atoms with Crippen LogP contribution in [0.15, 0.2) is 6.07 Å². The molecule has 13 nitrogen and oxygen atoms in total. The number of benzene rings is 2. The average Bonchev–Trinajstić information content (AvgIpc) is 3.51. The number of rotatable bonds is 8. The summed E-state index contributed by atoms with van der Waals surface area (Å²) in [6.07, 6.45) is -3.80. The number of carbonyl (C=O) groups is 1. The summed E-state index contributed by atoms with van der Waals surface area (Å²) < 4.78 is 49.4. The van der Waals surface area contributed by atoms with Gasteiger partial charge in [-0.25, -0.2) is 0 Å². The summed E-state index contributed by atoms with van der Waals surface area (Å²) in [5.74, 6) is -3.39. The number of fused-ring (bicyclic) bond motifs is 6. The molecule has 2 aromatic rings. The molecule has 10 atom stereocenters. The van der Waals surface area contributed by atoms with Gasteiger partial charge in [0.05, 0.1) is 29.8 Å². The number of methoxy groups -OCH3 is 2. The summed E-state index contributed by atoms with van der Waals surface area (Å²) in [6, 6.07) is 1.87. The number of hydrogen-bond donors (Lipinski definition) is 4.